The summed E-state index contributed by atoms with van der Waals surface area (Å²) in [5.74, 6) is -0.268. The molecule has 0 aromatic rings. The fourth-order valence-electron chi connectivity index (χ4n) is 1.21. The van der Waals surface area contributed by atoms with Crippen molar-refractivity contribution in [3.63, 3.8) is 0 Å². The van der Waals surface area contributed by atoms with Crippen molar-refractivity contribution >= 4 is 5.97 Å². The predicted molar refractivity (Wildman–Crippen MR) is 68.2 cm³/mol. The Labute approximate surface area is 98.4 Å². The molecule has 0 aliphatic carbocycles. The van der Waals surface area contributed by atoms with Crippen molar-refractivity contribution in [3.05, 3.63) is 36.5 Å². The van der Waals surface area contributed by atoms with Crippen molar-refractivity contribution in [2.75, 3.05) is 0 Å². The normalized spacial score (nSPS) is 16.4. The second-order valence-electron chi connectivity index (χ2n) is 4.42. The van der Waals surface area contributed by atoms with Gasteiger partial charge in [0.25, 0.3) is 0 Å². The highest BCUT2D eigenvalue weighted by Gasteiger charge is 2.09. The van der Waals surface area contributed by atoms with E-state index < -0.39 is 11.9 Å². The van der Waals surface area contributed by atoms with Gasteiger partial charge in [-0.05, 0) is 24.3 Å². The van der Waals surface area contributed by atoms with Gasteiger partial charge in [-0.25, -0.2) is 0 Å². The summed E-state index contributed by atoms with van der Waals surface area (Å²) in [5, 5.41) is 8.71. The lowest BCUT2D eigenvalue weighted by molar-refractivity contribution is -0.139. The average Bonchev–Trinajstić information content (AvgIpc) is 2.22. The quantitative estimate of drug-likeness (QED) is 0.696. The lowest BCUT2D eigenvalue weighted by Crippen LogP contribution is -2.06. The molecular formula is C14H22O2. The molecule has 1 N–H and O–H groups in total. The van der Waals surface area contributed by atoms with E-state index in [1.165, 1.54) is 0 Å². The summed E-state index contributed by atoms with van der Waals surface area (Å²) < 4.78 is 0. The monoisotopic (exact) mass is 222 g/mol. The third-order valence-corrected chi connectivity index (χ3v) is 2.84. The minimum absolute atomic E-state index is 0.433. The summed E-state index contributed by atoms with van der Waals surface area (Å²) in [4.78, 5) is 10.6. The average molecular weight is 222 g/mol. The maximum absolute atomic E-state index is 10.6. The van der Waals surface area contributed by atoms with E-state index in [-0.39, 0.29) is 0 Å². The third-order valence-electron chi connectivity index (χ3n) is 2.84. The maximum Gasteiger partial charge on any atom is 0.310 e. The molecule has 90 valence electrons. The van der Waals surface area contributed by atoms with E-state index in [9.17, 15) is 4.79 Å². The van der Waals surface area contributed by atoms with Gasteiger partial charge in [0.1, 0.15) is 0 Å². The van der Waals surface area contributed by atoms with E-state index in [0.717, 1.165) is 5.57 Å². The Morgan fingerprint density at radius 3 is 2.19 bits per heavy atom. The van der Waals surface area contributed by atoms with Crippen LogP contribution in [0.1, 0.15) is 27.7 Å². The Kier molecular flexibility index (Phi) is 6.47. The van der Waals surface area contributed by atoms with Crippen LogP contribution in [0.4, 0.5) is 0 Å². The molecule has 2 heteroatoms. The molecule has 0 aliphatic rings. The van der Waals surface area contributed by atoms with Crippen LogP contribution in [0.3, 0.4) is 0 Å². The van der Waals surface area contributed by atoms with E-state index in [2.05, 4.69) is 27.4 Å². The molecule has 0 amide bonds. The summed E-state index contributed by atoms with van der Waals surface area (Å²) >= 11 is 0. The number of carbonyl (C=O) groups is 1. The van der Waals surface area contributed by atoms with Gasteiger partial charge < -0.3 is 5.11 Å². The van der Waals surface area contributed by atoms with Crippen LogP contribution >= 0.6 is 0 Å². The fraction of sp³-hybridized carbons (Fsp3) is 0.500. The molecular weight excluding hydrogens is 200 g/mol. The molecule has 0 fully saturated rings. The number of aliphatic carboxylic acids is 1. The lowest BCUT2D eigenvalue weighted by atomic mass is 9.89. The van der Waals surface area contributed by atoms with E-state index in [1.807, 2.05) is 12.2 Å². The molecule has 0 heterocycles. The number of hydrogen-bond acceptors (Lipinski definition) is 1. The van der Waals surface area contributed by atoms with Crippen LogP contribution in [0.2, 0.25) is 0 Å². The third kappa shape index (κ3) is 4.96. The Balaban J connectivity index is 4.61. The van der Waals surface area contributed by atoms with E-state index in [0.29, 0.717) is 11.8 Å². The van der Waals surface area contributed by atoms with Crippen LogP contribution in [0.15, 0.2) is 36.5 Å². The zero-order valence-corrected chi connectivity index (χ0v) is 10.6. The van der Waals surface area contributed by atoms with Crippen molar-refractivity contribution in [1.82, 2.24) is 0 Å². The van der Waals surface area contributed by atoms with Gasteiger partial charge in [-0.15, -0.1) is 0 Å². The summed E-state index contributed by atoms with van der Waals surface area (Å²) in [5.41, 5.74) is 1.14. The topological polar surface area (TPSA) is 37.3 Å². The number of hydrogen-bond donors (Lipinski definition) is 1. The molecule has 0 aromatic heterocycles. The molecule has 0 bridgehead atoms. The fourth-order valence-corrected chi connectivity index (χ4v) is 1.21. The zero-order valence-electron chi connectivity index (χ0n) is 10.6. The zero-order chi connectivity index (χ0) is 12.7. The van der Waals surface area contributed by atoms with Crippen molar-refractivity contribution in [2.45, 2.75) is 27.7 Å². The molecule has 2 unspecified atom stereocenters. The number of carboxylic acid groups (broad SMARTS) is 1. The minimum Gasteiger partial charge on any atom is -0.481 e. The SMILES string of the molecule is C=C/C(=C\C=C\C(C)C(=O)O)C(C)C(C)C. The van der Waals surface area contributed by atoms with Crippen LogP contribution in [0, 0.1) is 17.8 Å². The first kappa shape index (κ1) is 14.7. The van der Waals surface area contributed by atoms with Gasteiger partial charge in [-0.1, -0.05) is 51.7 Å². The summed E-state index contributed by atoms with van der Waals surface area (Å²) in [7, 11) is 0. The van der Waals surface area contributed by atoms with Gasteiger partial charge in [-0.2, -0.15) is 0 Å². The van der Waals surface area contributed by atoms with Gasteiger partial charge in [-0.3, -0.25) is 4.79 Å². The Bertz CT molecular complexity index is 298. The van der Waals surface area contributed by atoms with Crippen molar-refractivity contribution < 1.29 is 9.90 Å². The molecule has 2 atom stereocenters. The number of carboxylic acids is 1. The highest BCUT2D eigenvalue weighted by atomic mass is 16.4. The molecule has 0 radical (unpaired) electrons. The van der Waals surface area contributed by atoms with Gasteiger partial charge >= 0.3 is 5.97 Å². The largest absolute Gasteiger partial charge is 0.481 e. The highest BCUT2D eigenvalue weighted by molar-refractivity contribution is 5.71. The van der Waals surface area contributed by atoms with E-state index in [1.54, 1.807) is 19.1 Å². The van der Waals surface area contributed by atoms with Gasteiger partial charge in [0.2, 0.25) is 0 Å². The molecule has 0 saturated heterocycles. The van der Waals surface area contributed by atoms with Gasteiger partial charge in [0.15, 0.2) is 0 Å². The van der Waals surface area contributed by atoms with Crippen LogP contribution in [0.5, 0.6) is 0 Å². The van der Waals surface area contributed by atoms with Crippen molar-refractivity contribution in [3.8, 4) is 0 Å². The van der Waals surface area contributed by atoms with Gasteiger partial charge in [0.05, 0.1) is 5.92 Å². The molecule has 0 aliphatic heterocycles. The first-order valence-corrected chi connectivity index (χ1v) is 5.63. The predicted octanol–water partition coefficient (Wildman–Crippen LogP) is 3.67. The lowest BCUT2D eigenvalue weighted by Gasteiger charge is -2.16. The Morgan fingerprint density at radius 1 is 1.25 bits per heavy atom. The minimum atomic E-state index is -0.804. The summed E-state index contributed by atoms with van der Waals surface area (Å²) in [6.45, 7) is 11.9. The van der Waals surface area contributed by atoms with E-state index >= 15 is 0 Å². The molecule has 0 aromatic carbocycles. The molecule has 0 rings (SSSR count). The van der Waals surface area contributed by atoms with Crippen LogP contribution in [-0.4, -0.2) is 11.1 Å². The summed E-state index contributed by atoms with van der Waals surface area (Å²) in [6.07, 6.45) is 7.26. The second-order valence-corrected chi connectivity index (χ2v) is 4.42. The first-order valence-electron chi connectivity index (χ1n) is 5.63. The van der Waals surface area contributed by atoms with E-state index in [4.69, 9.17) is 5.11 Å². The summed E-state index contributed by atoms with van der Waals surface area (Å²) in [6, 6.07) is 0. The number of allylic oxidation sites excluding steroid dienone is 4. The second kappa shape index (κ2) is 7.04. The number of rotatable bonds is 6. The standard InChI is InChI=1S/C14H22O2/c1-6-13(12(5)10(2)3)9-7-8-11(4)14(15)16/h6-12H,1H2,2-5H3,(H,15,16)/b8-7+,13-9+. The maximum atomic E-state index is 10.6. The van der Waals surface area contributed by atoms with Crippen molar-refractivity contribution in [1.29, 1.82) is 0 Å². The van der Waals surface area contributed by atoms with Crippen LogP contribution < -0.4 is 0 Å². The smallest absolute Gasteiger partial charge is 0.310 e. The molecule has 0 spiro atoms. The van der Waals surface area contributed by atoms with Crippen LogP contribution in [0.25, 0.3) is 0 Å². The highest BCUT2D eigenvalue weighted by Crippen LogP contribution is 2.20. The van der Waals surface area contributed by atoms with Crippen LogP contribution in [-0.2, 0) is 4.79 Å². The van der Waals surface area contributed by atoms with Crippen molar-refractivity contribution in [2.24, 2.45) is 17.8 Å². The molecule has 2 nitrogen and oxygen atoms in total. The molecule has 0 saturated carbocycles. The molecule has 16 heavy (non-hydrogen) atoms. The Hall–Kier alpha value is -1.31. The van der Waals surface area contributed by atoms with Gasteiger partial charge in [0, 0.05) is 0 Å². The Morgan fingerprint density at radius 2 is 1.81 bits per heavy atom. The first-order chi connectivity index (χ1) is 7.40.